The average Bonchev–Trinajstić information content (AvgIpc) is 2.41. The number of anilines is 2. The minimum atomic E-state index is -0.337. The van der Waals surface area contributed by atoms with Gasteiger partial charge in [0.25, 0.3) is 0 Å². The summed E-state index contributed by atoms with van der Waals surface area (Å²) in [4.78, 5) is 15.9. The first kappa shape index (κ1) is 12.1. The summed E-state index contributed by atoms with van der Waals surface area (Å²) in [7, 11) is 0. The predicted octanol–water partition coefficient (Wildman–Crippen LogP) is 3.00. The van der Waals surface area contributed by atoms with E-state index < -0.39 is 0 Å². The van der Waals surface area contributed by atoms with Crippen LogP contribution in [0.1, 0.15) is 17.3 Å². The Labute approximate surface area is 106 Å². The van der Waals surface area contributed by atoms with Crippen LogP contribution in [0.25, 0.3) is 0 Å². The SMILES string of the molecule is CCOC(=O)c1ccccc1Nc1ccccn1. The molecule has 18 heavy (non-hydrogen) atoms. The number of ether oxygens (including phenoxy) is 1. The predicted molar refractivity (Wildman–Crippen MR) is 69.9 cm³/mol. The van der Waals surface area contributed by atoms with Gasteiger partial charge in [-0.25, -0.2) is 9.78 Å². The Balaban J connectivity index is 2.25. The van der Waals surface area contributed by atoms with Crippen LogP contribution in [0.2, 0.25) is 0 Å². The van der Waals surface area contributed by atoms with Crippen molar-refractivity contribution in [1.29, 1.82) is 0 Å². The number of hydrogen-bond acceptors (Lipinski definition) is 4. The van der Waals surface area contributed by atoms with Gasteiger partial charge in [0, 0.05) is 6.20 Å². The van der Waals surface area contributed by atoms with Gasteiger partial charge in [0.05, 0.1) is 17.9 Å². The fourth-order valence-corrected chi connectivity index (χ4v) is 1.55. The van der Waals surface area contributed by atoms with Gasteiger partial charge in [0.1, 0.15) is 5.82 Å². The number of nitrogens with one attached hydrogen (secondary N) is 1. The number of esters is 1. The molecule has 0 spiro atoms. The van der Waals surface area contributed by atoms with E-state index >= 15 is 0 Å². The molecule has 1 N–H and O–H groups in total. The maximum Gasteiger partial charge on any atom is 0.340 e. The Kier molecular flexibility index (Phi) is 3.91. The van der Waals surface area contributed by atoms with E-state index in [0.29, 0.717) is 23.7 Å². The first-order valence-electron chi connectivity index (χ1n) is 5.75. The highest BCUT2D eigenvalue weighted by molar-refractivity contribution is 5.96. The Morgan fingerprint density at radius 2 is 2.00 bits per heavy atom. The van der Waals surface area contributed by atoms with Gasteiger partial charge in [0.15, 0.2) is 0 Å². The highest BCUT2D eigenvalue weighted by Gasteiger charge is 2.11. The third-order valence-electron chi connectivity index (χ3n) is 2.35. The van der Waals surface area contributed by atoms with E-state index in [2.05, 4.69) is 10.3 Å². The lowest BCUT2D eigenvalue weighted by Gasteiger charge is -2.10. The molecule has 0 saturated heterocycles. The molecular formula is C14H14N2O2. The van der Waals surface area contributed by atoms with Gasteiger partial charge in [-0.05, 0) is 31.2 Å². The number of para-hydroxylation sites is 1. The van der Waals surface area contributed by atoms with Crippen molar-refractivity contribution < 1.29 is 9.53 Å². The molecule has 0 saturated carbocycles. The molecule has 0 atom stereocenters. The molecule has 0 radical (unpaired) electrons. The van der Waals surface area contributed by atoms with Crippen molar-refractivity contribution in [2.75, 3.05) is 11.9 Å². The minimum absolute atomic E-state index is 0.337. The van der Waals surface area contributed by atoms with Gasteiger partial charge < -0.3 is 10.1 Å². The number of carbonyl (C=O) groups is 1. The van der Waals surface area contributed by atoms with Crippen LogP contribution in [-0.2, 0) is 4.74 Å². The molecule has 4 heteroatoms. The molecule has 0 amide bonds. The lowest BCUT2D eigenvalue weighted by molar-refractivity contribution is 0.0527. The monoisotopic (exact) mass is 242 g/mol. The third kappa shape index (κ3) is 2.85. The largest absolute Gasteiger partial charge is 0.462 e. The standard InChI is InChI=1S/C14H14N2O2/c1-2-18-14(17)11-7-3-4-8-12(11)16-13-9-5-6-10-15-13/h3-10H,2H2,1H3,(H,15,16). The van der Waals surface area contributed by atoms with Crippen LogP contribution in [0.15, 0.2) is 48.7 Å². The Bertz CT molecular complexity index is 526. The summed E-state index contributed by atoms with van der Waals surface area (Å²) in [6.45, 7) is 2.14. The van der Waals surface area contributed by atoms with Crippen molar-refractivity contribution in [2.24, 2.45) is 0 Å². The summed E-state index contributed by atoms with van der Waals surface area (Å²) in [5, 5.41) is 3.10. The third-order valence-corrected chi connectivity index (χ3v) is 2.35. The molecule has 92 valence electrons. The second-order valence-corrected chi connectivity index (χ2v) is 3.61. The normalized spacial score (nSPS) is 9.83. The molecular weight excluding hydrogens is 228 g/mol. The van der Waals surface area contributed by atoms with Crippen LogP contribution in [0.3, 0.4) is 0 Å². The number of pyridine rings is 1. The van der Waals surface area contributed by atoms with Crippen LogP contribution in [0.4, 0.5) is 11.5 Å². The molecule has 2 rings (SSSR count). The van der Waals surface area contributed by atoms with E-state index in [9.17, 15) is 4.79 Å². The van der Waals surface area contributed by atoms with E-state index in [1.165, 1.54) is 0 Å². The van der Waals surface area contributed by atoms with E-state index in [1.807, 2.05) is 30.3 Å². The van der Waals surface area contributed by atoms with Crippen LogP contribution in [0, 0.1) is 0 Å². The topological polar surface area (TPSA) is 51.2 Å². The van der Waals surface area contributed by atoms with Gasteiger partial charge in [-0.1, -0.05) is 18.2 Å². The molecule has 2 aromatic rings. The van der Waals surface area contributed by atoms with Crippen LogP contribution >= 0.6 is 0 Å². The number of rotatable bonds is 4. The molecule has 0 aliphatic carbocycles. The number of aromatic nitrogens is 1. The average molecular weight is 242 g/mol. The zero-order chi connectivity index (χ0) is 12.8. The summed E-state index contributed by atoms with van der Waals surface area (Å²) in [6, 6.07) is 12.8. The second-order valence-electron chi connectivity index (χ2n) is 3.61. The van der Waals surface area contributed by atoms with Crippen molar-refractivity contribution in [3.05, 3.63) is 54.2 Å². The minimum Gasteiger partial charge on any atom is -0.462 e. The molecule has 0 fully saturated rings. The van der Waals surface area contributed by atoms with Gasteiger partial charge >= 0.3 is 5.97 Å². The molecule has 0 unspecified atom stereocenters. The maximum atomic E-state index is 11.8. The fourth-order valence-electron chi connectivity index (χ4n) is 1.55. The maximum absolute atomic E-state index is 11.8. The first-order valence-corrected chi connectivity index (χ1v) is 5.75. The molecule has 1 aromatic heterocycles. The van der Waals surface area contributed by atoms with Crippen molar-refractivity contribution in [3.8, 4) is 0 Å². The van der Waals surface area contributed by atoms with Gasteiger partial charge in [-0.15, -0.1) is 0 Å². The van der Waals surface area contributed by atoms with Crippen LogP contribution < -0.4 is 5.32 Å². The second kappa shape index (κ2) is 5.82. The van der Waals surface area contributed by atoms with Gasteiger partial charge in [-0.3, -0.25) is 0 Å². The summed E-state index contributed by atoms with van der Waals surface area (Å²) in [6.07, 6.45) is 1.69. The first-order chi connectivity index (χ1) is 8.81. The molecule has 1 aromatic carbocycles. The highest BCUT2D eigenvalue weighted by atomic mass is 16.5. The highest BCUT2D eigenvalue weighted by Crippen LogP contribution is 2.20. The van der Waals surface area contributed by atoms with E-state index in [-0.39, 0.29) is 5.97 Å². The molecule has 0 bridgehead atoms. The van der Waals surface area contributed by atoms with Crippen molar-refractivity contribution in [3.63, 3.8) is 0 Å². The Morgan fingerprint density at radius 1 is 1.22 bits per heavy atom. The fraction of sp³-hybridized carbons (Fsp3) is 0.143. The molecule has 1 heterocycles. The summed E-state index contributed by atoms with van der Waals surface area (Å²) >= 11 is 0. The Morgan fingerprint density at radius 3 is 2.72 bits per heavy atom. The summed E-state index contributed by atoms with van der Waals surface area (Å²) in [5.74, 6) is 0.353. The van der Waals surface area contributed by atoms with Crippen molar-refractivity contribution in [2.45, 2.75) is 6.92 Å². The van der Waals surface area contributed by atoms with Crippen LogP contribution in [0.5, 0.6) is 0 Å². The number of hydrogen-bond donors (Lipinski definition) is 1. The quantitative estimate of drug-likeness (QED) is 0.837. The number of carbonyl (C=O) groups excluding carboxylic acids is 1. The van der Waals surface area contributed by atoms with Gasteiger partial charge in [0.2, 0.25) is 0 Å². The number of nitrogens with zero attached hydrogens (tertiary/aromatic N) is 1. The summed E-state index contributed by atoms with van der Waals surface area (Å²) < 4.78 is 5.01. The molecule has 0 aliphatic heterocycles. The van der Waals surface area contributed by atoms with Crippen LogP contribution in [-0.4, -0.2) is 17.6 Å². The van der Waals surface area contributed by atoms with E-state index in [4.69, 9.17) is 4.74 Å². The van der Waals surface area contributed by atoms with Gasteiger partial charge in [-0.2, -0.15) is 0 Å². The number of benzene rings is 1. The summed E-state index contributed by atoms with van der Waals surface area (Å²) in [5.41, 5.74) is 1.19. The zero-order valence-corrected chi connectivity index (χ0v) is 10.1. The van der Waals surface area contributed by atoms with Crippen molar-refractivity contribution in [1.82, 2.24) is 4.98 Å². The zero-order valence-electron chi connectivity index (χ0n) is 10.1. The van der Waals surface area contributed by atoms with E-state index in [1.54, 1.807) is 25.3 Å². The van der Waals surface area contributed by atoms with Crippen molar-refractivity contribution >= 4 is 17.5 Å². The smallest absolute Gasteiger partial charge is 0.340 e. The lowest BCUT2D eigenvalue weighted by atomic mass is 10.2. The lowest BCUT2D eigenvalue weighted by Crippen LogP contribution is -2.08. The van der Waals surface area contributed by atoms with E-state index in [0.717, 1.165) is 0 Å². The Hall–Kier alpha value is -2.36. The molecule has 4 nitrogen and oxygen atoms in total. The molecule has 0 aliphatic rings.